The van der Waals surface area contributed by atoms with Crippen molar-refractivity contribution in [2.24, 2.45) is 0 Å². The molecule has 3 aliphatic rings. The van der Waals surface area contributed by atoms with E-state index in [9.17, 15) is 9.90 Å². The Morgan fingerprint density at radius 2 is 2.00 bits per heavy atom. The van der Waals surface area contributed by atoms with Crippen LogP contribution in [0.4, 0.5) is 5.82 Å². The van der Waals surface area contributed by atoms with Crippen molar-refractivity contribution in [1.82, 2.24) is 14.9 Å². The molecule has 3 heterocycles. The van der Waals surface area contributed by atoms with Gasteiger partial charge in [0.25, 0.3) is 5.91 Å². The third kappa shape index (κ3) is 3.81. The summed E-state index contributed by atoms with van der Waals surface area (Å²) in [6.07, 6.45) is 5.38. The highest BCUT2D eigenvalue weighted by molar-refractivity contribution is 5.81. The first kappa shape index (κ1) is 20.4. The number of hydrogen-bond donors (Lipinski definition) is 2. The number of anilines is 1. The van der Waals surface area contributed by atoms with E-state index in [1.54, 1.807) is 0 Å². The van der Waals surface area contributed by atoms with Crippen LogP contribution in [0.3, 0.4) is 0 Å². The van der Waals surface area contributed by atoms with Crippen molar-refractivity contribution in [3.05, 3.63) is 41.6 Å². The average Bonchev–Trinajstić information content (AvgIpc) is 3.48. The molecule has 0 unspecified atom stereocenters. The lowest BCUT2D eigenvalue weighted by Crippen LogP contribution is -2.48. The Morgan fingerprint density at radius 3 is 2.71 bits per heavy atom. The van der Waals surface area contributed by atoms with Crippen molar-refractivity contribution in [1.29, 1.82) is 0 Å². The van der Waals surface area contributed by atoms with Gasteiger partial charge in [-0.15, -0.1) is 0 Å². The molecule has 2 aromatic rings. The first-order valence-corrected chi connectivity index (χ1v) is 11.4. The molecule has 2 fully saturated rings. The van der Waals surface area contributed by atoms with Gasteiger partial charge in [0, 0.05) is 42.8 Å². The van der Waals surface area contributed by atoms with Gasteiger partial charge >= 0.3 is 0 Å². The Balaban J connectivity index is 1.43. The minimum absolute atomic E-state index is 0.00917. The van der Waals surface area contributed by atoms with Crippen LogP contribution in [0.2, 0.25) is 0 Å². The van der Waals surface area contributed by atoms with Crippen molar-refractivity contribution in [3.8, 4) is 11.4 Å². The third-order valence-corrected chi connectivity index (χ3v) is 7.04. The second-order valence-electron chi connectivity index (χ2n) is 8.85. The van der Waals surface area contributed by atoms with Crippen LogP contribution in [-0.4, -0.2) is 64.8 Å². The average molecular weight is 423 g/mol. The lowest BCUT2D eigenvalue weighted by Gasteiger charge is -2.40. The fraction of sp³-hybridized carbons (Fsp3) is 0.542. The van der Waals surface area contributed by atoms with E-state index in [1.807, 2.05) is 35.2 Å². The van der Waals surface area contributed by atoms with E-state index in [0.29, 0.717) is 13.2 Å². The second kappa shape index (κ2) is 8.55. The number of fused-ring (bicyclic) bond motifs is 2. The van der Waals surface area contributed by atoms with Gasteiger partial charge in [0.1, 0.15) is 11.9 Å². The van der Waals surface area contributed by atoms with Gasteiger partial charge in [-0.1, -0.05) is 30.3 Å². The lowest BCUT2D eigenvalue weighted by molar-refractivity contribution is -0.142. The molecular weight excluding hydrogens is 392 g/mol. The van der Waals surface area contributed by atoms with Gasteiger partial charge in [0.2, 0.25) is 0 Å². The van der Waals surface area contributed by atoms with Crippen molar-refractivity contribution >= 4 is 11.7 Å². The molecule has 0 saturated carbocycles. The van der Waals surface area contributed by atoms with Gasteiger partial charge in [-0.25, -0.2) is 9.97 Å². The zero-order valence-corrected chi connectivity index (χ0v) is 17.8. The zero-order valence-electron chi connectivity index (χ0n) is 17.8. The number of benzene rings is 1. The zero-order chi connectivity index (χ0) is 21.3. The molecular formula is C24H30N4O3. The van der Waals surface area contributed by atoms with Crippen molar-refractivity contribution in [3.63, 3.8) is 0 Å². The van der Waals surface area contributed by atoms with Gasteiger partial charge in [-0.3, -0.25) is 4.79 Å². The van der Waals surface area contributed by atoms with Gasteiger partial charge in [0.15, 0.2) is 5.82 Å². The van der Waals surface area contributed by atoms with Gasteiger partial charge in [0.05, 0.1) is 12.3 Å². The number of rotatable bonds is 5. The SMILES string of the molecule is O=C([C@H]1CCCO1)N1CCC2(CCc3c(NCCO)nc(-c4ccccc4)nc32)CC1. The maximum absolute atomic E-state index is 12.8. The van der Waals surface area contributed by atoms with E-state index >= 15 is 0 Å². The Morgan fingerprint density at radius 1 is 1.19 bits per heavy atom. The lowest BCUT2D eigenvalue weighted by atomic mass is 9.76. The van der Waals surface area contributed by atoms with Gasteiger partial charge in [-0.05, 0) is 38.5 Å². The van der Waals surface area contributed by atoms with Crippen LogP contribution in [0.5, 0.6) is 0 Å². The van der Waals surface area contributed by atoms with E-state index in [1.165, 1.54) is 5.56 Å². The number of nitrogens with one attached hydrogen (secondary N) is 1. The minimum atomic E-state index is -0.244. The third-order valence-electron chi connectivity index (χ3n) is 7.04. The van der Waals surface area contributed by atoms with Crippen LogP contribution < -0.4 is 5.32 Å². The second-order valence-corrected chi connectivity index (χ2v) is 8.85. The highest BCUT2D eigenvalue weighted by Gasteiger charge is 2.45. The molecule has 2 saturated heterocycles. The van der Waals surface area contributed by atoms with E-state index in [0.717, 1.165) is 74.5 Å². The molecule has 7 heteroatoms. The summed E-state index contributed by atoms with van der Waals surface area (Å²) in [5, 5.41) is 12.6. The Labute approximate surface area is 182 Å². The molecule has 1 aromatic carbocycles. The predicted molar refractivity (Wildman–Crippen MR) is 118 cm³/mol. The number of aliphatic hydroxyl groups is 1. The van der Waals surface area contributed by atoms with Crippen molar-refractivity contribution in [2.75, 3.05) is 38.2 Å². The van der Waals surface area contributed by atoms with E-state index in [-0.39, 0.29) is 24.0 Å². The number of hydrogen-bond acceptors (Lipinski definition) is 6. The number of carbonyl (C=O) groups excluding carboxylic acids is 1. The monoisotopic (exact) mass is 422 g/mol. The van der Waals surface area contributed by atoms with E-state index in [4.69, 9.17) is 14.7 Å². The van der Waals surface area contributed by atoms with Crippen molar-refractivity contribution in [2.45, 2.75) is 50.0 Å². The first-order valence-electron chi connectivity index (χ1n) is 11.4. The molecule has 0 bridgehead atoms. The molecule has 31 heavy (non-hydrogen) atoms. The maximum Gasteiger partial charge on any atom is 0.251 e. The number of carbonyl (C=O) groups is 1. The topological polar surface area (TPSA) is 87.6 Å². The Kier molecular flexibility index (Phi) is 5.63. The number of ether oxygens (including phenoxy) is 1. The molecule has 1 amide bonds. The first-order chi connectivity index (χ1) is 15.2. The summed E-state index contributed by atoms with van der Waals surface area (Å²) in [6.45, 7) is 2.73. The summed E-state index contributed by atoms with van der Waals surface area (Å²) >= 11 is 0. The normalized spacial score (nSPS) is 22.0. The molecule has 1 atom stereocenters. The Bertz CT molecular complexity index is 935. The van der Waals surface area contributed by atoms with Crippen LogP contribution in [0, 0.1) is 0 Å². The summed E-state index contributed by atoms with van der Waals surface area (Å²) in [4.78, 5) is 24.7. The van der Waals surface area contributed by atoms with Crippen molar-refractivity contribution < 1.29 is 14.6 Å². The summed E-state index contributed by atoms with van der Waals surface area (Å²) in [7, 11) is 0. The molecule has 1 aliphatic carbocycles. The molecule has 1 aromatic heterocycles. The molecule has 0 radical (unpaired) electrons. The fourth-order valence-corrected chi connectivity index (χ4v) is 5.30. The van der Waals surface area contributed by atoms with Gasteiger partial charge < -0.3 is 20.1 Å². The summed E-state index contributed by atoms with van der Waals surface area (Å²) in [5.74, 6) is 1.72. The summed E-state index contributed by atoms with van der Waals surface area (Å²) in [5.41, 5.74) is 3.29. The molecule has 164 valence electrons. The Hall–Kier alpha value is -2.51. The standard InChI is InChI=1S/C24H30N4O3/c29-15-12-25-22-18-8-9-24(20(18)26-21(27-22)17-5-2-1-3-6-17)10-13-28(14-11-24)23(30)19-7-4-16-31-19/h1-3,5-6,19,29H,4,7-16H2,(H,25,26,27)/t19-/m1/s1. The maximum atomic E-state index is 12.8. The number of aliphatic hydroxyl groups excluding tert-OH is 1. The number of piperidine rings is 1. The summed E-state index contributed by atoms with van der Waals surface area (Å²) < 4.78 is 5.62. The number of aromatic nitrogens is 2. The number of amides is 1. The number of nitrogens with zero attached hydrogens (tertiary/aromatic N) is 3. The molecule has 2 N–H and O–H groups in total. The summed E-state index contributed by atoms with van der Waals surface area (Å²) in [6, 6.07) is 10.0. The molecule has 5 rings (SSSR count). The van der Waals surface area contributed by atoms with Crippen LogP contribution in [0.25, 0.3) is 11.4 Å². The van der Waals surface area contributed by atoms with E-state index < -0.39 is 0 Å². The quantitative estimate of drug-likeness (QED) is 0.770. The minimum Gasteiger partial charge on any atom is -0.395 e. The van der Waals surface area contributed by atoms with Crippen LogP contribution in [-0.2, 0) is 21.4 Å². The van der Waals surface area contributed by atoms with Crippen LogP contribution in [0.1, 0.15) is 43.4 Å². The highest BCUT2D eigenvalue weighted by atomic mass is 16.5. The molecule has 7 nitrogen and oxygen atoms in total. The fourth-order valence-electron chi connectivity index (χ4n) is 5.30. The largest absolute Gasteiger partial charge is 0.395 e. The van der Waals surface area contributed by atoms with Crippen LogP contribution >= 0.6 is 0 Å². The molecule has 2 aliphatic heterocycles. The van der Waals surface area contributed by atoms with E-state index in [2.05, 4.69) is 5.32 Å². The number of likely N-dealkylation sites (tertiary alicyclic amines) is 1. The van der Waals surface area contributed by atoms with Gasteiger partial charge in [-0.2, -0.15) is 0 Å². The van der Waals surface area contributed by atoms with Crippen LogP contribution in [0.15, 0.2) is 30.3 Å². The molecule has 1 spiro atoms. The smallest absolute Gasteiger partial charge is 0.251 e. The predicted octanol–water partition coefficient (Wildman–Crippen LogP) is 2.53. The highest BCUT2D eigenvalue weighted by Crippen LogP contribution is 2.47.